The third-order valence-corrected chi connectivity index (χ3v) is 3.91. The van der Waals surface area contributed by atoms with Crippen LogP contribution in [-0.2, 0) is 9.59 Å². The normalized spacial score (nSPS) is 18.4. The summed E-state index contributed by atoms with van der Waals surface area (Å²) < 4.78 is 0. The molecule has 1 aliphatic heterocycles. The number of likely N-dealkylation sites (N-methyl/N-ethyl adjacent to an activating group) is 1. The molecule has 3 N–H and O–H groups in total. The van der Waals surface area contributed by atoms with Crippen molar-refractivity contribution < 1.29 is 9.59 Å². The molecule has 0 aliphatic carbocycles. The van der Waals surface area contributed by atoms with Crippen LogP contribution < -0.4 is 16.0 Å². The van der Waals surface area contributed by atoms with Crippen molar-refractivity contribution >= 4 is 35.0 Å². The fourth-order valence-electron chi connectivity index (χ4n) is 1.81. The van der Waals surface area contributed by atoms with Gasteiger partial charge in [0.2, 0.25) is 11.8 Å². The molecule has 0 bridgehead atoms. The molecule has 0 saturated heterocycles. The van der Waals surface area contributed by atoms with E-state index in [1.165, 1.54) is 16.7 Å². The van der Waals surface area contributed by atoms with Gasteiger partial charge < -0.3 is 16.0 Å². The Labute approximate surface area is 110 Å². The second kappa shape index (κ2) is 4.89. The maximum Gasteiger partial charge on any atom is 0.240 e. The number of carbonyl (C=O) groups is 2. The van der Waals surface area contributed by atoms with E-state index in [1.54, 1.807) is 19.2 Å². The molecule has 0 aromatic heterocycles. The number of anilines is 2. The summed E-state index contributed by atoms with van der Waals surface area (Å²) in [5.74, 6) is -0.244. The number of carbonyl (C=O) groups excluding carboxylic acids is 2. The topological polar surface area (TPSA) is 75.4 Å². The van der Waals surface area contributed by atoms with E-state index in [0.29, 0.717) is 5.69 Å². The van der Waals surface area contributed by atoms with Crippen LogP contribution in [0.25, 0.3) is 0 Å². The van der Waals surface area contributed by atoms with Gasteiger partial charge in [-0.05, 0) is 25.1 Å². The first kappa shape index (κ1) is 12.8. The number of amides is 2. The van der Waals surface area contributed by atoms with Gasteiger partial charge >= 0.3 is 0 Å². The molecular weight excluding hydrogens is 250 g/mol. The van der Waals surface area contributed by atoms with Gasteiger partial charge in [-0.25, -0.2) is 0 Å². The monoisotopic (exact) mass is 265 g/mol. The average Bonchev–Trinajstić information content (AvgIpc) is 2.34. The quantitative estimate of drug-likeness (QED) is 0.777. The Morgan fingerprint density at radius 1 is 1.56 bits per heavy atom. The number of nitrogens with zero attached hydrogens (tertiary/aromatic N) is 1. The highest BCUT2D eigenvalue weighted by molar-refractivity contribution is 8.01. The lowest BCUT2D eigenvalue weighted by Crippen LogP contribution is -2.45. The molecule has 0 spiro atoms. The van der Waals surface area contributed by atoms with Crippen molar-refractivity contribution in [3.05, 3.63) is 18.2 Å². The maximum absolute atomic E-state index is 12.1. The van der Waals surface area contributed by atoms with E-state index in [-0.39, 0.29) is 23.6 Å². The van der Waals surface area contributed by atoms with E-state index in [4.69, 9.17) is 5.73 Å². The van der Waals surface area contributed by atoms with Crippen LogP contribution in [0.2, 0.25) is 0 Å². The number of nitrogens with one attached hydrogen (secondary N) is 1. The zero-order valence-electron chi connectivity index (χ0n) is 10.3. The zero-order valence-corrected chi connectivity index (χ0v) is 11.1. The molecule has 1 aliphatic rings. The van der Waals surface area contributed by atoms with Gasteiger partial charge in [0.25, 0.3) is 0 Å². The van der Waals surface area contributed by atoms with E-state index < -0.39 is 0 Å². The lowest BCUT2D eigenvalue weighted by molar-refractivity contribution is -0.123. The summed E-state index contributed by atoms with van der Waals surface area (Å²) in [6, 6.07) is 5.35. The molecule has 1 atom stereocenters. The molecule has 0 radical (unpaired) electrons. The Kier molecular flexibility index (Phi) is 3.47. The first-order valence-corrected chi connectivity index (χ1v) is 6.49. The van der Waals surface area contributed by atoms with Crippen LogP contribution in [0.1, 0.15) is 6.92 Å². The second-order valence-corrected chi connectivity index (χ2v) is 5.47. The van der Waals surface area contributed by atoms with Gasteiger partial charge in [-0.3, -0.25) is 9.59 Å². The van der Waals surface area contributed by atoms with Crippen LogP contribution in [0.15, 0.2) is 23.1 Å². The summed E-state index contributed by atoms with van der Waals surface area (Å²) in [5.41, 5.74) is 7.14. The molecule has 1 aromatic rings. The predicted molar refractivity (Wildman–Crippen MR) is 72.6 cm³/mol. The third kappa shape index (κ3) is 2.28. The van der Waals surface area contributed by atoms with E-state index in [0.717, 1.165) is 10.6 Å². The average molecular weight is 265 g/mol. The molecule has 2 amide bonds. The van der Waals surface area contributed by atoms with E-state index in [1.807, 2.05) is 13.0 Å². The van der Waals surface area contributed by atoms with Gasteiger partial charge in [0.05, 0.1) is 10.9 Å². The Morgan fingerprint density at radius 2 is 2.28 bits per heavy atom. The molecule has 2 rings (SSSR count). The molecule has 96 valence electrons. The number of hydrogen-bond donors (Lipinski definition) is 2. The first-order valence-electron chi connectivity index (χ1n) is 5.61. The highest BCUT2D eigenvalue weighted by Crippen LogP contribution is 2.39. The smallest absolute Gasteiger partial charge is 0.240 e. The number of rotatable bonds is 2. The van der Waals surface area contributed by atoms with Crippen LogP contribution in [0.4, 0.5) is 11.4 Å². The van der Waals surface area contributed by atoms with Crippen molar-refractivity contribution in [3.8, 4) is 0 Å². The van der Waals surface area contributed by atoms with Crippen LogP contribution in [0.3, 0.4) is 0 Å². The van der Waals surface area contributed by atoms with Gasteiger partial charge in [0, 0.05) is 17.6 Å². The number of thioether (sulfide) groups is 1. The Hall–Kier alpha value is -1.69. The highest BCUT2D eigenvalue weighted by atomic mass is 32.2. The molecule has 1 aromatic carbocycles. The van der Waals surface area contributed by atoms with Crippen molar-refractivity contribution in [2.45, 2.75) is 17.1 Å². The molecular formula is C12H15N3O2S. The van der Waals surface area contributed by atoms with E-state index in [2.05, 4.69) is 5.32 Å². The van der Waals surface area contributed by atoms with Crippen LogP contribution in [0, 0.1) is 0 Å². The molecule has 1 heterocycles. The molecule has 6 heteroatoms. The number of benzene rings is 1. The highest BCUT2D eigenvalue weighted by Gasteiger charge is 2.31. The van der Waals surface area contributed by atoms with Crippen LogP contribution in [0.5, 0.6) is 0 Å². The molecule has 5 nitrogen and oxygen atoms in total. The van der Waals surface area contributed by atoms with Crippen molar-refractivity contribution in [2.24, 2.45) is 0 Å². The minimum Gasteiger partial charge on any atom is -0.399 e. The standard InChI is InChI=1S/C12H15N3O2S/c1-7-12(17)15(6-11(16)14-2)9-4-3-8(13)5-10(9)18-7/h3-5,7H,6,13H2,1-2H3,(H,14,16). The zero-order chi connectivity index (χ0) is 13.3. The number of nitrogens with two attached hydrogens (primary N) is 1. The van der Waals surface area contributed by atoms with Gasteiger partial charge in [-0.15, -0.1) is 11.8 Å². The van der Waals surface area contributed by atoms with Crippen LogP contribution in [-0.4, -0.2) is 30.7 Å². The first-order chi connectivity index (χ1) is 8.52. The van der Waals surface area contributed by atoms with E-state index in [9.17, 15) is 9.59 Å². The van der Waals surface area contributed by atoms with E-state index >= 15 is 0 Å². The van der Waals surface area contributed by atoms with Gasteiger partial charge in [-0.2, -0.15) is 0 Å². The SMILES string of the molecule is CNC(=O)CN1C(=O)C(C)Sc2cc(N)ccc21. The lowest BCUT2D eigenvalue weighted by atomic mass is 10.2. The lowest BCUT2D eigenvalue weighted by Gasteiger charge is -2.31. The van der Waals surface area contributed by atoms with Gasteiger partial charge in [0.15, 0.2) is 0 Å². The van der Waals surface area contributed by atoms with Crippen molar-refractivity contribution in [1.82, 2.24) is 5.32 Å². The summed E-state index contributed by atoms with van der Waals surface area (Å²) in [7, 11) is 1.55. The Balaban J connectivity index is 2.39. The predicted octanol–water partition coefficient (Wildman–Crippen LogP) is 0.842. The minimum atomic E-state index is -0.205. The molecule has 18 heavy (non-hydrogen) atoms. The van der Waals surface area contributed by atoms with Crippen molar-refractivity contribution in [3.63, 3.8) is 0 Å². The summed E-state index contributed by atoms with van der Waals surface area (Å²) >= 11 is 1.47. The Bertz CT molecular complexity index is 504. The maximum atomic E-state index is 12.1. The number of nitrogen functional groups attached to an aromatic ring is 1. The minimum absolute atomic E-state index is 0.0388. The summed E-state index contributed by atoms with van der Waals surface area (Å²) in [5, 5.41) is 2.32. The summed E-state index contributed by atoms with van der Waals surface area (Å²) in [4.78, 5) is 26.0. The summed E-state index contributed by atoms with van der Waals surface area (Å²) in [6.07, 6.45) is 0. The molecule has 1 unspecified atom stereocenters. The van der Waals surface area contributed by atoms with Crippen molar-refractivity contribution in [2.75, 3.05) is 24.2 Å². The fraction of sp³-hybridized carbons (Fsp3) is 0.333. The Morgan fingerprint density at radius 3 is 2.94 bits per heavy atom. The molecule has 0 fully saturated rings. The van der Waals surface area contributed by atoms with Gasteiger partial charge in [-0.1, -0.05) is 0 Å². The number of hydrogen-bond acceptors (Lipinski definition) is 4. The largest absolute Gasteiger partial charge is 0.399 e. The van der Waals surface area contributed by atoms with Crippen molar-refractivity contribution in [1.29, 1.82) is 0 Å². The molecule has 0 saturated carbocycles. The summed E-state index contributed by atoms with van der Waals surface area (Å²) in [6.45, 7) is 1.87. The van der Waals surface area contributed by atoms with Crippen LogP contribution >= 0.6 is 11.8 Å². The van der Waals surface area contributed by atoms with Gasteiger partial charge in [0.1, 0.15) is 6.54 Å². The second-order valence-electron chi connectivity index (χ2n) is 4.08. The number of fused-ring (bicyclic) bond motifs is 1. The fourth-order valence-corrected chi connectivity index (χ4v) is 2.92. The third-order valence-electron chi connectivity index (χ3n) is 2.77.